The van der Waals surface area contributed by atoms with Gasteiger partial charge < -0.3 is 9.88 Å². The van der Waals surface area contributed by atoms with Gasteiger partial charge >= 0.3 is 0 Å². The fourth-order valence-corrected chi connectivity index (χ4v) is 3.28. The lowest BCUT2D eigenvalue weighted by Gasteiger charge is -2.14. The van der Waals surface area contributed by atoms with Crippen LogP contribution in [0.5, 0.6) is 0 Å². The molecule has 0 bridgehead atoms. The number of hydrogen-bond acceptors (Lipinski definition) is 3. The lowest BCUT2D eigenvalue weighted by molar-refractivity contribution is 0.846. The molecule has 1 atom stereocenters. The van der Waals surface area contributed by atoms with Gasteiger partial charge in [-0.25, -0.2) is 0 Å². The summed E-state index contributed by atoms with van der Waals surface area (Å²) in [6.07, 6.45) is 1.83. The standard InChI is InChI=1S/C16H16N2OS/c1-11(17-13-7-8-16(19)18(2)10-13)15-9-12-5-3-4-6-14(12)20-15/h3-11,17H,1-2H3. The van der Waals surface area contributed by atoms with Crippen LogP contribution in [-0.2, 0) is 7.05 Å². The maximum absolute atomic E-state index is 11.4. The summed E-state index contributed by atoms with van der Waals surface area (Å²) in [5, 5.41) is 4.72. The SMILES string of the molecule is CC(Nc1ccc(=O)n(C)c1)c1cc2ccccc2s1. The molecular weight excluding hydrogens is 268 g/mol. The summed E-state index contributed by atoms with van der Waals surface area (Å²) in [7, 11) is 1.76. The minimum atomic E-state index is 0.00469. The zero-order valence-electron chi connectivity index (χ0n) is 11.5. The number of pyridine rings is 1. The average molecular weight is 284 g/mol. The molecule has 0 fully saturated rings. The quantitative estimate of drug-likeness (QED) is 0.794. The van der Waals surface area contributed by atoms with Crippen molar-refractivity contribution in [3.63, 3.8) is 0 Å². The molecule has 1 N–H and O–H groups in total. The Bertz CT molecular complexity index is 770. The lowest BCUT2D eigenvalue weighted by Crippen LogP contribution is -2.16. The van der Waals surface area contributed by atoms with Crippen molar-refractivity contribution in [2.24, 2.45) is 7.05 Å². The molecule has 3 rings (SSSR count). The number of fused-ring (bicyclic) bond motifs is 1. The Hall–Kier alpha value is -2.07. The van der Waals surface area contributed by atoms with Crippen LogP contribution >= 0.6 is 11.3 Å². The van der Waals surface area contributed by atoms with Gasteiger partial charge in [0, 0.05) is 28.9 Å². The summed E-state index contributed by atoms with van der Waals surface area (Å²) in [6, 6.07) is 14.2. The summed E-state index contributed by atoms with van der Waals surface area (Å²) in [5.74, 6) is 0. The molecule has 0 aliphatic heterocycles. The van der Waals surface area contributed by atoms with Crippen molar-refractivity contribution in [1.29, 1.82) is 0 Å². The van der Waals surface area contributed by atoms with Crippen molar-refractivity contribution in [2.75, 3.05) is 5.32 Å². The Morgan fingerprint density at radius 2 is 2.00 bits per heavy atom. The second-order valence-corrected chi connectivity index (χ2v) is 6.03. The summed E-state index contributed by atoms with van der Waals surface area (Å²) < 4.78 is 2.89. The summed E-state index contributed by atoms with van der Waals surface area (Å²) in [6.45, 7) is 2.13. The maximum atomic E-state index is 11.4. The van der Waals surface area contributed by atoms with Gasteiger partial charge in [0.1, 0.15) is 0 Å². The van der Waals surface area contributed by atoms with Crippen molar-refractivity contribution in [1.82, 2.24) is 4.57 Å². The first-order valence-electron chi connectivity index (χ1n) is 6.55. The highest BCUT2D eigenvalue weighted by Crippen LogP contribution is 2.31. The molecule has 0 spiro atoms. The van der Waals surface area contributed by atoms with Crippen LogP contribution < -0.4 is 10.9 Å². The molecule has 0 aliphatic rings. The highest BCUT2D eigenvalue weighted by Gasteiger charge is 2.09. The molecule has 0 aliphatic carbocycles. The smallest absolute Gasteiger partial charge is 0.250 e. The zero-order valence-corrected chi connectivity index (χ0v) is 12.3. The van der Waals surface area contributed by atoms with E-state index in [9.17, 15) is 4.79 Å². The molecule has 0 saturated heterocycles. The molecular formula is C16H16N2OS. The van der Waals surface area contributed by atoms with Gasteiger partial charge in [-0.3, -0.25) is 4.79 Å². The van der Waals surface area contributed by atoms with Crippen molar-refractivity contribution in [2.45, 2.75) is 13.0 Å². The van der Waals surface area contributed by atoms with Crippen LogP contribution in [-0.4, -0.2) is 4.57 Å². The number of benzene rings is 1. The number of aromatic nitrogens is 1. The number of rotatable bonds is 3. The second kappa shape index (κ2) is 5.13. The van der Waals surface area contributed by atoms with E-state index in [0.29, 0.717) is 0 Å². The third kappa shape index (κ3) is 2.47. The Morgan fingerprint density at radius 3 is 2.75 bits per heavy atom. The Morgan fingerprint density at radius 1 is 1.20 bits per heavy atom. The molecule has 102 valence electrons. The first kappa shape index (κ1) is 12.9. The number of nitrogens with one attached hydrogen (secondary N) is 1. The fraction of sp³-hybridized carbons (Fsp3) is 0.188. The third-order valence-electron chi connectivity index (χ3n) is 3.34. The minimum absolute atomic E-state index is 0.00469. The predicted octanol–water partition coefficient (Wildman–Crippen LogP) is 3.77. The van der Waals surface area contributed by atoms with Crippen molar-refractivity contribution >= 4 is 27.1 Å². The second-order valence-electron chi connectivity index (χ2n) is 4.92. The number of hydrogen-bond donors (Lipinski definition) is 1. The van der Waals surface area contributed by atoms with Crippen molar-refractivity contribution in [3.05, 3.63) is 63.9 Å². The van der Waals surface area contributed by atoms with Gasteiger partial charge in [0.15, 0.2) is 0 Å². The molecule has 1 aromatic carbocycles. The van der Waals surface area contributed by atoms with Crippen molar-refractivity contribution < 1.29 is 0 Å². The topological polar surface area (TPSA) is 34.0 Å². The summed E-state index contributed by atoms with van der Waals surface area (Å²) >= 11 is 1.80. The van der Waals surface area contributed by atoms with Crippen LogP contribution in [0.4, 0.5) is 5.69 Å². The molecule has 2 heterocycles. The van der Waals surface area contributed by atoms with E-state index in [0.717, 1.165) is 5.69 Å². The molecule has 3 nitrogen and oxygen atoms in total. The van der Waals surface area contributed by atoms with E-state index in [1.165, 1.54) is 15.0 Å². The van der Waals surface area contributed by atoms with E-state index in [1.54, 1.807) is 29.0 Å². The summed E-state index contributed by atoms with van der Waals surface area (Å²) in [4.78, 5) is 12.7. The first-order chi connectivity index (χ1) is 9.63. The van der Waals surface area contributed by atoms with Crippen molar-refractivity contribution in [3.8, 4) is 0 Å². The number of thiophene rings is 1. The van der Waals surface area contributed by atoms with Gasteiger partial charge in [-0.05, 0) is 30.5 Å². The molecule has 2 aromatic heterocycles. The Kier molecular flexibility index (Phi) is 3.32. The molecule has 20 heavy (non-hydrogen) atoms. The van der Waals surface area contributed by atoms with Crippen LogP contribution in [0.15, 0.2) is 53.5 Å². The number of nitrogens with zero attached hydrogens (tertiary/aromatic N) is 1. The predicted molar refractivity (Wildman–Crippen MR) is 85.5 cm³/mol. The van der Waals surface area contributed by atoms with E-state index < -0.39 is 0 Å². The van der Waals surface area contributed by atoms with E-state index in [-0.39, 0.29) is 11.6 Å². The van der Waals surface area contributed by atoms with Crippen LogP contribution in [0.1, 0.15) is 17.8 Å². The normalized spacial score (nSPS) is 12.5. The number of aryl methyl sites for hydroxylation is 1. The molecule has 0 radical (unpaired) electrons. The van der Waals surface area contributed by atoms with Crippen LogP contribution in [0.25, 0.3) is 10.1 Å². The molecule has 3 aromatic rings. The maximum Gasteiger partial charge on any atom is 0.250 e. The Labute approximate surface area is 121 Å². The highest BCUT2D eigenvalue weighted by molar-refractivity contribution is 7.19. The fourth-order valence-electron chi connectivity index (χ4n) is 2.22. The summed E-state index contributed by atoms with van der Waals surface area (Å²) in [5.41, 5.74) is 0.960. The van der Waals surface area contributed by atoms with E-state index in [1.807, 2.05) is 12.3 Å². The first-order valence-corrected chi connectivity index (χ1v) is 7.37. The van der Waals surface area contributed by atoms with Crippen LogP contribution in [0, 0.1) is 0 Å². The highest BCUT2D eigenvalue weighted by atomic mass is 32.1. The van der Waals surface area contributed by atoms with E-state index >= 15 is 0 Å². The Balaban J connectivity index is 1.86. The van der Waals surface area contributed by atoms with Gasteiger partial charge in [0.2, 0.25) is 5.56 Å². The van der Waals surface area contributed by atoms with Gasteiger partial charge in [0.25, 0.3) is 0 Å². The molecule has 0 saturated carbocycles. The number of anilines is 1. The van der Waals surface area contributed by atoms with Gasteiger partial charge in [-0.1, -0.05) is 18.2 Å². The van der Waals surface area contributed by atoms with Crippen LogP contribution in [0.3, 0.4) is 0 Å². The molecule has 0 amide bonds. The molecule has 1 unspecified atom stereocenters. The minimum Gasteiger partial charge on any atom is -0.377 e. The zero-order chi connectivity index (χ0) is 14.1. The van der Waals surface area contributed by atoms with Crippen LogP contribution in [0.2, 0.25) is 0 Å². The van der Waals surface area contributed by atoms with E-state index in [4.69, 9.17) is 0 Å². The van der Waals surface area contributed by atoms with Gasteiger partial charge in [-0.2, -0.15) is 0 Å². The van der Waals surface area contributed by atoms with Gasteiger partial charge in [0.05, 0.1) is 11.7 Å². The third-order valence-corrected chi connectivity index (χ3v) is 4.64. The van der Waals surface area contributed by atoms with Gasteiger partial charge in [-0.15, -0.1) is 11.3 Å². The lowest BCUT2D eigenvalue weighted by atomic mass is 10.2. The molecule has 4 heteroatoms. The van der Waals surface area contributed by atoms with E-state index in [2.05, 4.69) is 42.6 Å². The largest absolute Gasteiger partial charge is 0.377 e. The monoisotopic (exact) mass is 284 g/mol. The average Bonchev–Trinajstić information content (AvgIpc) is 2.87.